The van der Waals surface area contributed by atoms with E-state index in [0.717, 1.165) is 5.69 Å². The molecule has 1 unspecified atom stereocenters. The van der Waals surface area contributed by atoms with Gasteiger partial charge in [-0.1, -0.05) is 12.1 Å². The van der Waals surface area contributed by atoms with Gasteiger partial charge in [0, 0.05) is 18.8 Å². The zero-order valence-corrected chi connectivity index (χ0v) is 16.2. The number of hydrogen-bond donors (Lipinski definition) is 1. The van der Waals surface area contributed by atoms with Crippen molar-refractivity contribution in [3.8, 4) is 5.75 Å². The fourth-order valence-electron chi connectivity index (χ4n) is 3.28. The molecule has 0 radical (unpaired) electrons. The van der Waals surface area contributed by atoms with E-state index in [1.807, 2.05) is 31.2 Å². The van der Waals surface area contributed by atoms with Gasteiger partial charge in [0.05, 0.1) is 41.8 Å². The lowest BCUT2D eigenvalue weighted by Gasteiger charge is -2.27. The molecule has 0 spiro atoms. The first-order valence-corrected chi connectivity index (χ1v) is 10.6. The van der Waals surface area contributed by atoms with Crippen molar-refractivity contribution in [1.82, 2.24) is 9.88 Å². The molecule has 0 bridgehead atoms. The third-order valence-corrected chi connectivity index (χ3v) is 6.37. The highest BCUT2D eigenvalue weighted by Gasteiger charge is 2.34. The summed E-state index contributed by atoms with van der Waals surface area (Å²) in [6, 6.07) is 8.90. The topological polar surface area (TPSA) is 88.6 Å². The molecule has 7 nitrogen and oxygen atoms in total. The van der Waals surface area contributed by atoms with Gasteiger partial charge in [-0.25, -0.2) is 8.42 Å². The van der Waals surface area contributed by atoms with Crippen LogP contribution in [-0.2, 0) is 9.84 Å². The monoisotopic (exact) mass is 389 g/mol. The summed E-state index contributed by atoms with van der Waals surface area (Å²) in [4.78, 5) is 18.7. The number of anilines is 2. The van der Waals surface area contributed by atoms with Crippen molar-refractivity contribution < 1.29 is 17.9 Å². The molecule has 27 heavy (non-hydrogen) atoms. The fourth-order valence-corrected chi connectivity index (χ4v) is 5.01. The Bertz CT molecular complexity index is 930. The van der Waals surface area contributed by atoms with E-state index in [0.29, 0.717) is 30.0 Å². The maximum atomic E-state index is 12.9. The van der Waals surface area contributed by atoms with Crippen LogP contribution in [0, 0.1) is 0 Å². The molecule has 1 aromatic heterocycles. The standard InChI is InChI=1S/C19H23N3O4S/c1-3-22(16-8-9-27(24,25)13-16)19(23)14-10-15(12-20-11-14)21-17-6-4-5-7-18(17)26-2/h4-7,10-12,16,21H,3,8-9,13H2,1-2H3. The highest BCUT2D eigenvalue weighted by atomic mass is 32.2. The number of ether oxygens (including phenoxy) is 1. The normalized spacial score (nSPS) is 18.1. The molecule has 3 rings (SSSR count). The Morgan fingerprint density at radius 1 is 1.33 bits per heavy atom. The third-order valence-electron chi connectivity index (χ3n) is 4.62. The summed E-state index contributed by atoms with van der Waals surface area (Å²) in [5.41, 5.74) is 1.84. The van der Waals surface area contributed by atoms with Crippen LogP contribution in [-0.4, -0.2) is 55.4 Å². The molecule has 144 valence electrons. The van der Waals surface area contributed by atoms with E-state index < -0.39 is 9.84 Å². The molecular formula is C19H23N3O4S. The predicted molar refractivity (Wildman–Crippen MR) is 104 cm³/mol. The average Bonchev–Trinajstić information content (AvgIpc) is 3.02. The van der Waals surface area contributed by atoms with Crippen LogP contribution in [0.1, 0.15) is 23.7 Å². The summed E-state index contributed by atoms with van der Waals surface area (Å²) in [6.45, 7) is 2.30. The minimum absolute atomic E-state index is 0.0269. The van der Waals surface area contributed by atoms with Crippen molar-refractivity contribution in [3.63, 3.8) is 0 Å². The number of para-hydroxylation sites is 2. The molecule has 0 saturated carbocycles. The molecule has 1 amide bonds. The van der Waals surface area contributed by atoms with Crippen LogP contribution in [0.2, 0.25) is 0 Å². The van der Waals surface area contributed by atoms with Gasteiger partial charge < -0.3 is 15.0 Å². The van der Waals surface area contributed by atoms with Gasteiger partial charge in [0.1, 0.15) is 5.75 Å². The Kier molecular flexibility index (Phi) is 5.65. The number of carbonyl (C=O) groups is 1. The van der Waals surface area contributed by atoms with E-state index in [1.165, 1.54) is 6.20 Å². The van der Waals surface area contributed by atoms with Crippen LogP contribution in [0.3, 0.4) is 0 Å². The van der Waals surface area contributed by atoms with Gasteiger partial charge >= 0.3 is 0 Å². The fraction of sp³-hybridized carbons (Fsp3) is 0.368. The van der Waals surface area contributed by atoms with Crippen LogP contribution in [0.4, 0.5) is 11.4 Å². The Hall–Kier alpha value is -2.61. The van der Waals surface area contributed by atoms with Gasteiger partial charge in [0.15, 0.2) is 9.84 Å². The maximum absolute atomic E-state index is 12.9. The van der Waals surface area contributed by atoms with Gasteiger partial charge in [0.25, 0.3) is 5.91 Å². The summed E-state index contributed by atoms with van der Waals surface area (Å²) in [5, 5.41) is 3.20. The molecule has 8 heteroatoms. The minimum Gasteiger partial charge on any atom is -0.495 e. The number of rotatable bonds is 6. The molecule has 0 aliphatic carbocycles. The molecule has 2 aromatic rings. The van der Waals surface area contributed by atoms with Gasteiger partial charge in [-0.15, -0.1) is 0 Å². The van der Waals surface area contributed by atoms with E-state index in [1.54, 1.807) is 24.3 Å². The lowest BCUT2D eigenvalue weighted by Crippen LogP contribution is -2.41. The lowest BCUT2D eigenvalue weighted by atomic mass is 10.1. The summed E-state index contributed by atoms with van der Waals surface area (Å²) >= 11 is 0. The molecule has 1 atom stereocenters. The average molecular weight is 389 g/mol. The SMILES string of the molecule is CCN(C(=O)c1cncc(Nc2ccccc2OC)c1)C1CCS(=O)(=O)C1. The highest BCUT2D eigenvalue weighted by Crippen LogP contribution is 2.27. The quantitative estimate of drug-likeness (QED) is 0.817. The molecule has 1 aliphatic rings. The van der Waals surface area contributed by atoms with Crippen molar-refractivity contribution in [2.45, 2.75) is 19.4 Å². The first-order chi connectivity index (χ1) is 12.9. The summed E-state index contributed by atoms with van der Waals surface area (Å²) in [5.74, 6) is 0.630. The Morgan fingerprint density at radius 3 is 2.78 bits per heavy atom. The number of hydrogen-bond acceptors (Lipinski definition) is 6. The van der Waals surface area contributed by atoms with E-state index in [9.17, 15) is 13.2 Å². The van der Waals surface area contributed by atoms with Crippen LogP contribution in [0.5, 0.6) is 5.75 Å². The number of aromatic nitrogens is 1. The Balaban J connectivity index is 1.81. The van der Waals surface area contributed by atoms with Crippen molar-refractivity contribution in [2.24, 2.45) is 0 Å². The van der Waals surface area contributed by atoms with Crippen molar-refractivity contribution in [2.75, 3.05) is 30.5 Å². The number of carbonyl (C=O) groups excluding carboxylic acids is 1. The van der Waals surface area contributed by atoms with Crippen molar-refractivity contribution >= 4 is 27.1 Å². The Morgan fingerprint density at radius 2 is 2.11 bits per heavy atom. The number of benzene rings is 1. The molecule has 1 fully saturated rings. The van der Waals surface area contributed by atoms with Gasteiger partial charge in [0.2, 0.25) is 0 Å². The first kappa shape index (κ1) is 19.2. The predicted octanol–water partition coefficient (Wildman–Crippen LogP) is 2.48. The second-order valence-corrected chi connectivity index (χ2v) is 8.66. The first-order valence-electron chi connectivity index (χ1n) is 8.80. The number of sulfone groups is 1. The number of amides is 1. The number of methoxy groups -OCH3 is 1. The highest BCUT2D eigenvalue weighted by molar-refractivity contribution is 7.91. The zero-order chi connectivity index (χ0) is 19.4. The number of nitrogens with one attached hydrogen (secondary N) is 1. The molecule has 1 aliphatic heterocycles. The summed E-state index contributed by atoms with van der Waals surface area (Å²) in [6.07, 6.45) is 3.61. The lowest BCUT2D eigenvalue weighted by molar-refractivity contribution is 0.0708. The largest absolute Gasteiger partial charge is 0.495 e. The molecule has 1 aromatic carbocycles. The smallest absolute Gasteiger partial charge is 0.255 e. The van der Waals surface area contributed by atoms with E-state index in [4.69, 9.17) is 4.74 Å². The molecule has 1 N–H and O–H groups in total. The van der Waals surface area contributed by atoms with Crippen LogP contribution >= 0.6 is 0 Å². The van der Waals surface area contributed by atoms with Crippen LogP contribution < -0.4 is 10.1 Å². The summed E-state index contributed by atoms with van der Waals surface area (Å²) in [7, 11) is -1.47. The Labute approximate surface area is 159 Å². The van der Waals surface area contributed by atoms with E-state index in [2.05, 4.69) is 10.3 Å². The van der Waals surface area contributed by atoms with E-state index >= 15 is 0 Å². The molecular weight excluding hydrogens is 366 g/mol. The number of pyridine rings is 1. The minimum atomic E-state index is -3.06. The molecule has 1 saturated heterocycles. The van der Waals surface area contributed by atoms with Crippen LogP contribution in [0.15, 0.2) is 42.7 Å². The van der Waals surface area contributed by atoms with Gasteiger partial charge in [-0.05, 0) is 31.5 Å². The van der Waals surface area contributed by atoms with Crippen LogP contribution in [0.25, 0.3) is 0 Å². The zero-order valence-electron chi connectivity index (χ0n) is 15.4. The van der Waals surface area contributed by atoms with Gasteiger partial charge in [-0.2, -0.15) is 0 Å². The second-order valence-electron chi connectivity index (χ2n) is 6.44. The third kappa shape index (κ3) is 4.39. The summed E-state index contributed by atoms with van der Waals surface area (Å²) < 4.78 is 28.9. The van der Waals surface area contributed by atoms with Crippen molar-refractivity contribution in [1.29, 1.82) is 0 Å². The molecule has 2 heterocycles. The van der Waals surface area contributed by atoms with Gasteiger partial charge in [-0.3, -0.25) is 9.78 Å². The number of nitrogens with zero attached hydrogens (tertiary/aromatic N) is 2. The second kappa shape index (κ2) is 7.96. The van der Waals surface area contributed by atoms with Crippen molar-refractivity contribution in [3.05, 3.63) is 48.3 Å². The maximum Gasteiger partial charge on any atom is 0.255 e. The van der Waals surface area contributed by atoms with E-state index in [-0.39, 0.29) is 23.5 Å².